The maximum atomic E-state index is 12.5. The van der Waals surface area contributed by atoms with Crippen LogP contribution in [0.3, 0.4) is 0 Å². The minimum absolute atomic E-state index is 0.0188. The second-order valence-electron chi connectivity index (χ2n) is 5.07. The molecule has 0 spiro atoms. The van der Waals surface area contributed by atoms with E-state index in [4.69, 9.17) is 4.74 Å². The number of nitrogens with zero attached hydrogens (tertiary/aromatic N) is 2. The molecule has 116 valence electrons. The van der Waals surface area contributed by atoms with Crippen molar-refractivity contribution in [1.29, 1.82) is 0 Å². The monoisotopic (exact) mass is 324 g/mol. The first-order valence-corrected chi connectivity index (χ1v) is 8.07. The summed E-state index contributed by atoms with van der Waals surface area (Å²) in [5, 5.41) is 2.44. The van der Waals surface area contributed by atoms with Gasteiger partial charge in [0.25, 0.3) is 11.1 Å². The Morgan fingerprint density at radius 2 is 1.87 bits per heavy atom. The number of amides is 1. The van der Waals surface area contributed by atoms with Crippen molar-refractivity contribution < 1.29 is 9.53 Å². The van der Waals surface area contributed by atoms with E-state index in [0.29, 0.717) is 23.1 Å². The molecule has 0 saturated heterocycles. The number of hydrogen-bond donors (Lipinski definition) is 0. The molecule has 5 heteroatoms. The largest absolute Gasteiger partial charge is 0.431 e. The second-order valence-corrected chi connectivity index (χ2v) is 5.93. The van der Waals surface area contributed by atoms with E-state index in [0.717, 1.165) is 5.56 Å². The van der Waals surface area contributed by atoms with Gasteiger partial charge in [-0.3, -0.25) is 4.79 Å². The van der Waals surface area contributed by atoms with Crippen LogP contribution >= 0.6 is 11.3 Å². The molecule has 1 amide bonds. The van der Waals surface area contributed by atoms with Gasteiger partial charge >= 0.3 is 0 Å². The van der Waals surface area contributed by atoms with Gasteiger partial charge in [-0.15, -0.1) is 0 Å². The standard InChI is InChI=1S/C18H16N2O2S/c1-20(13-14-5-3-2-4-6-14)17(21)15-7-9-16(10-8-15)22-18-19-11-12-23-18/h2-12H,13H2,1H3. The number of rotatable bonds is 5. The van der Waals surface area contributed by atoms with Gasteiger partial charge in [0.15, 0.2) is 0 Å². The molecule has 0 radical (unpaired) electrons. The SMILES string of the molecule is CN(Cc1ccccc1)C(=O)c1ccc(Oc2nccs2)cc1. The lowest BCUT2D eigenvalue weighted by Crippen LogP contribution is -2.26. The van der Waals surface area contributed by atoms with Crippen molar-refractivity contribution in [2.45, 2.75) is 6.54 Å². The zero-order valence-corrected chi connectivity index (χ0v) is 13.5. The predicted octanol–water partition coefficient (Wildman–Crippen LogP) is 4.21. The van der Waals surface area contributed by atoms with E-state index in [-0.39, 0.29) is 5.91 Å². The summed E-state index contributed by atoms with van der Waals surface area (Å²) >= 11 is 1.43. The number of benzene rings is 2. The number of thiazole rings is 1. The maximum Gasteiger partial charge on any atom is 0.278 e. The normalized spacial score (nSPS) is 10.3. The van der Waals surface area contributed by atoms with Gasteiger partial charge in [0.2, 0.25) is 0 Å². The van der Waals surface area contributed by atoms with E-state index in [1.807, 2.05) is 35.7 Å². The summed E-state index contributed by atoms with van der Waals surface area (Å²) in [5.74, 6) is 0.650. The lowest BCUT2D eigenvalue weighted by Gasteiger charge is -2.17. The Morgan fingerprint density at radius 3 is 2.52 bits per heavy atom. The van der Waals surface area contributed by atoms with Crippen molar-refractivity contribution >= 4 is 17.2 Å². The third-order valence-electron chi connectivity index (χ3n) is 3.33. The van der Waals surface area contributed by atoms with Crippen LogP contribution in [0.5, 0.6) is 10.9 Å². The van der Waals surface area contributed by atoms with Gasteiger partial charge in [-0.25, -0.2) is 4.98 Å². The van der Waals surface area contributed by atoms with E-state index >= 15 is 0 Å². The Hall–Kier alpha value is -2.66. The smallest absolute Gasteiger partial charge is 0.278 e. The average Bonchev–Trinajstić information content (AvgIpc) is 3.09. The van der Waals surface area contributed by atoms with Crippen molar-refractivity contribution in [2.24, 2.45) is 0 Å². The molecule has 23 heavy (non-hydrogen) atoms. The van der Waals surface area contributed by atoms with Crippen LogP contribution in [0.25, 0.3) is 0 Å². The molecule has 0 aliphatic rings. The number of carbonyl (C=O) groups is 1. The topological polar surface area (TPSA) is 42.4 Å². The van der Waals surface area contributed by atoms with Crippen molar-refractivity contribution in [3.8, 4) is 10.9 Å². The third-order valence-corrected chi connectivity index (χ3v) is 3.97. The molecule has 2 aromatic carbocycles. The highest BCUT2D eigenvalue weighted by molar-refractivity contribution is 7.11. The molecule has 0 unspecified atom stereocenters. The molecule has 0 aliphatic carbocycles. The Kier molecular flexibility index (Phi) is 4.68. The van der Waals surface area contributed by atoms with Crippen LogP contribution in [0, 0.1) is 0 Å². The molecule has 0 saturated carbocycles. The summed E-state index contributed by atoms with van der Waals surface area (Å²) in [4.78, 5) is 18.2. The van der Waals surface area contributed by atoms with Gasteiger partial charge in [-0.1, -0.05) is 41.7 Å². The fourth-order valence-corrected chi connectivity index (χ4v) is 2.68. The van der Waals surface area contributed by atoms with E-state index < -0.39 is 0 Å². The third kappa shape index (κ3) is 3.96. The Labute approximate surface area is 139 Å². The van der Waals surface area contributed by atoms with E-state index in [2.05, 4.69) is 4.98 Å². The van der Waals surface area contributed by atoms with Crippen LogP contribution in [0.1, 0.15) is 15.9 Å². The van der Waals surface area contributed by atoms with Gasteiger partial charge in [-0.2, -0.15) is 0 Å². The lowest BCUT2D eigenvalue weighted by atomic mass is 10.1. The lowest BCUT2D eigenvalue weighted by molar-refractivity contribution is 0.0785. The highest BCUT2D eigenvalue weighted by Crippen LogP contribution is 2.23. The van der Waals surface area contributed by atoms with Crippen molar-refractivity contribution in [2.75, 3.05) is 7.05 Å². The summed E-state index contributed by atoms with van der Waals surface area (Å²) in [7, 11) is 1.80. The average molecular weight is 324 g/mol. The van der Waals surface area contributed by atoms with Crippen LogP contribution in [0.2, 0.25) is 0 Å². The summed E-state index contributed by atoms with van der Waals surface area (Å²) in [6.45, 7) is 0.580. The molecule has 0 aliphatic heterocycles. The van der Waals surface area contributed by atoms with Crippen LogP contribution < -0.4 is 4.74 Å². The highest BCUT2D eigenvalue weighted by atomic mass is 32.1. The first-order chi connectivity index (χ1) is 11.2. The first kappa shape index (κ1) is 15.2. The van der Waals surface area contributed by atoms with E-state index in [1.165, 1.54) is 11.3 Å². The fraction of sp³-hybridized carbons (Fsp3) is 0.111. The van der Waals surface area contributed by atoms with Crippen LogP contribution in [0.4, 0.5) is 0 Å². The number of aromatic nitrogens is 1. The molecule has 1 aromatic heterocycles. The van der Waals surface area contributed by atoms with Crippen molar-refractivity contribution in [3.63, 3.8) is 0 Å². The summed E-state index contributed by atoms with van der Waals surface area (Å²) in [5.41, 5.74) is 1.74. The molecule has 1 heterocycles. The van der Waals surface area contributed by atoms with E-state index in [9.17, 15) is 4.79 Å². The molecule has 0 N–H and O–H groups in total. The van der Waals surface area contributed by atoms with Crippen LogP contribution in [-0.2, 0) is 6.54 Å². The van der Waals surface area contributed by atoms with Gasteiger partial charge in [-0.05, 0) is 29.8 Å². The number of ether oxygens (including phenoxy) is 1. The number of hydrogen-bond acceptors (Lipinski definition) is 4. The molecule has 0 fully saturated rings. The summed E-state index contributed by atoms with van der Waals surface area (Å²) in [6.07, 6.45) is 1.69. The van der Waals surface area contributed by atoms with Crippen LogP contribution in [-0.4, -0.2) is 22.8 Å². The van der Waals surface area contributed by atoms with Gasteiger partial charge in [0.05, 0.1) is 0 Å². The van der Waals surface area contributed by atoms with Gasteiger partial charge < -0.3 is 9.64 Å². The predicted molar refractivity (Wildman–Crippen MR) is 90.9 cm³/mol. The van der Waals surface area contributed by atoms with E-state index in [1.54, 1.807) is 42.4 Å². The number of carbonyl (C=O) groups excluding carboxylic acids is 1. The summed E-state index contributed by atoms with van der Waals surface area (Å²) < 4.78 is 5.59. The van der Waals surface area contributed by atoms with Crippen LogP contribution in [0.15, 0.2) is 66.2 Å². The first-order valence-electron chi connectivity index (χ1n) is 7.19. The molecule has 0 atom stereocenters. The highest BCUT2D eigenvalue weighted by Gasteiger charge is 2.12. The molecular formula is C18H16N2O2S. The minimum Gasteiger partial charge on any atom is -0.431 e. The molecule has 3 aromatic rings. The molecule has 4 nitrogen and oxygen atoms in total. The van der Waals surface area contributed by atoms with Crippen molar-refractivity contribution in [3.05, 3.63) is 77.3 Å². The molecule has 3 rings (SSSR count). The quantitative estimate of drug-likeness (QED) is 0.706. The zero-order chi connectivity index (χ0) is 16.1. The summed E-state index contributed by atoms with van der Waals surface area (Å²) in [6, 6.07) is 17.0. The molecule has 0 bridgehead atoms. The van der Waals surface area contributed by atoms with Gasteiger partial charge in [0.1, 0.15) is 5.75 Å². The minimum atomic E-state index is -0.0188. The fourth-order valence-electron chi connectivity index (χ4n) is 2.18. The Balaban J connectivity index is 1.65. The van der Waals surface area contributed by atoms with Crippen molar-refractivity contribution in [1.82, 2.24) is 9.88 Å². The Morgan fingerprint density at radius 1 is 1.13 bits per heavy atom. The van der Waals surface area contributed by atoms with Gasteiger partial charge in [0, 0.05) is 30.7 Å². The molecular weight excluding hydrogens is 308 g/mol. The zero-order valence-electron chi connectivity index (χ0n) is 12.7. The maximum absolute atomic E-state index is 12.5. The second kappa shape index (κ2) is 7.07. The Bertz CT molecular complexity index is 755.